The molecule has 3 atom stereocenters. The Balaban J connectivity index is 1.39. The molecule has 1 N–H and O–H groups in total. The summed E-state index contributed by atoms with van der Waals surface area (Å²) in [5, 5.41) is 3.42. The third kappa shape index (κ3) is 3.19. The smallest absolute Gasteiger partial charge is 0.224 e. The maximum atomic E-state index is 13.1. The van der Waals surface area contributed by atoms with Gasteiger partial charge in [0.2, 0.25) is 5.91 Å². The van der Waals surface area contributed by atoms with Crippen molar-refractivity contribution in [2.24, 2.45) is 28.2 Å². The van der Waals surface area contributed by atoms with E-state index in [0.29, 0.717) is 23.3 Å². The number of aliphatic imine (C=N–C) groups is 1. The van der Waals surface area contributed by atoms with E-state index in [1.165, 1.54) is 18.5 Å². The number of carbonyl (C=O) groups excluding carboxylic acids is 1. The zero-order valence-electron chi connectivity index (χ0n) is 16.3. The first-order valence-corrected chi connectivity index (χ1v) is 11.2. The van der Waals surface area contributed by atoms with E-state index in [2.05, 4.69) is 49.3 Å². The number of rotatable bonds is 2. The van der Waals surface area contributed by atoms with Crippen molar-refractivity contribution in [2.45, 2.75) is 70.1 Å². The van der Waals surface area contributed by atoms with Gasteiger partial charge in [-0.2, -0.15) is 0 Å². The van der Waals surface area contributed by atoms with Gasteiger partial charge in [0.1, 0.15) is 0 Å². The summed E-state index contributed by atoms with van der Waals surface area (Å²) < 4.78 is 0.0510. The van der Waals surface area contributed by atoms with Gasteiger partial charge in [0.05, 0.1) is 16.4 Å². The first kappa shape index (κ1) is 18.3. The molecule has 2 aliphatic carbocycles. The summed E-state index contributed by atoms with van der Waals surface area (Å²) in [5.41, 5.74) is 1.57. The minimum Gasteiger partial charge on any atom is -0.353 e. The van der Waals surface area contributed by atoms with Gasteiger partial charge in [0, 0.05) is 18.0 Å². The lowest BCUT2D eigenvalue weighted by Crippen LogP contribution is -2.46. The number of thioether (sulfide) groups is 1. The van der Waals surface area contributed by atoms with Gasteiger partial charge in [0.15, 0.2) is 0 Å². The molecule has 2 heterocycles. The van der Waals surface area contributed by atoms with Crippen LogP contribution >= 0.6 is 11.8 Å². The van der Waals surface area contributed by atoms with Crippen LogP contribution in [0.5, 0.6) is 0 Å². The van der Waals surface area contributed by atoms with Crippen LogP contribution in [0.2, 0.25) is 0 Å². The fourth-order valence-electron chi connectivity index (χ4n) is 5.35. The van der Waals surface area contributed by atoms with Crippen LogP contribution in [-0.4, -0.2) is 28.7 Å². The molecule has 3 nitrogen and oxygen atoms in total. The summed E-state index contributed by atoms with van der Waals surface area (Å²) >= 11 is 1.97. The van der Waals surface area contributed by atoms with Crippen molar-refractivity contribution in [3.8, 4) is 0 Å². The molecule has 0 radical (unpaired) electrons. The van der Waals surface area contributed by atoms with Crippen molar-refractivity contribution >= 4 is 23.9 Å². The van der Waals surface area contributed by atoms with Gasteiger partial charge >= 0.3 is 0 Å². The monoisotopic (exact) mass is 372 g/mol. The third-order valence-corrected chi connectivity index (χ3v) is 8.79. The molecule has 2 fully saturated rings. The topological polar surface area (TPSA) is 41.5 Å². The third-order valence-electron chi connectivity index (χ3n) is 7.07. The molecule has 0 aromatic carbocycles. The lowest BCUT2D eigenvalue weighted by atomic mass is 9.71. The van der Waals surface area contributed by atoms with E-state index in [9.17, 15) is 4.79 Å². The van der Waals surface area contributed by atoms with E-state index in [1.807, 2.05) is 18.0 Å². The molecule has 2 aliphatic heterocycles. The van der Waals surface area contributed by atoms with E-state index in [-0.39, 0.29) is 10.7 Å². The summed E-state index contributed by atoms with van der Waals surface area (Å²) in [4.78, 5) is 17.8. The van der Waals surface area contributed by atoms with Crippen LogP contribution in [0.25, 0.3) is 0 Å². The van der Waals surface area contributed by atoms with Crippen LogP contribution in [0.15, 0.2) is 28.9 Å². The Morgan fingerprint density at radius 2 is 2.04 bits per heavy atom. The number of carbonyl (C=O) groups is 1. The van der Waals surface area contributed by atoms with Crippen LogP contribution < -0.4 is 5.32 Å². The molecule has 1 amide bonds. The Morgan fingerprint density at radius 1 is 1.27 bits per heavy atom. The molecule has 4 heteroatoms. The predicted octanol–water partition coefficient (Wildman–Crippen LogP) is 4.74. The molecular formula is C22H32N2OS. The lowest BCUT2D eigenvalue weighted by molar-refractivity contribution is -0.126. The van der Waals surface area contributed by atoms with Gasteiger partial charge in [-0.3, -0.25) is 9.79 Å². The summed E-state index contributed by atoms with van der Waals surface area (Å²) in [5.74, 6) is 2.54. The molecule has 1 spiro atoms. The van der Waals surface area contributed by atoms with Crippen LogP contribution in [0.1, 0.15) is 59.3 Å². The van der Waals surface area contributed by atoms with Crippen LogP contribution in [0.4, 0.5) is 0 Å². The van der Waals surface area contributed by atoms with Gasteiger partial charge in [-0.1, -0.05) is 32.9 Å². The molecule has 3 unspecified atom stereocenters. The maximum absolute atomic E-state index is 13.1. The molecular weight excluding hydrogens is 340 g/mol. The molecule has 0 aromatic heterocycles. The Kier molecular flexibility index (Phi) is 4.83. The number of hydrogen-bond acceptors (Lipinski definition) is 3. The summed E-state index contributed by atoms with van der Waals surface area (Å²) in [6.07, 6.45) is 15.3. The normalized spacial score (nSPS) is 39.1. The zero-order valence-corrected chi connectivity index (χ0v) is 17.1. The Bertz CT molecular complexity index is 652. The van der Waals surface area contributed by atoms with Crippen molar-refractivity contribution < 1.29 is 4.79 Å². The quantitative estimate of drug-likeness (QED) is 0.760. The lowest BCUT2D eigenvalue weighted by Gasteiger charge is -2.40. The first-order valence-electron chi connectivity index (χ1n) is 10.2. The summed E-state index contributed by atoms with van der Waals surface area (Å²) in [6.45, 7) is 7.04. The van der Waals surface area contributed by atoms with E-state index >= 15 is 0 Å². The Hall–Kier alpha value is -1.03. The van der Waals surface area contributed by atoms with Crippen LogP contribution in [0, 0.1) is 23.2 Å². The summed E-state index contributed by atoms with van der Waals surface area (Å²) in [6, 6.07) is 0.376. The van der Waals surface area contributed by atoms with Crippen molar-refractivity contribution in [1.82, 2.24) is 5.32 Å². The highest BCUT2D eigenvalue weighted by Gasteiger charge is 2.54. The highest BCUT2D eigenvalue weighted by molar-refractivity contribution is 8.01. The van der Waals surface area contributed by atoms with Crippen molar-refractivity contribution in [3.05, 3.63) is 23.9 Å². The van der Waals surface area contributed by atoms with Crippen molar-refractivity contribution in [1.29, 1.82) is 0 Å². The fourth-order valence-corrected chi connectivity index (χ4v) is 7.17. The van der Waals surface area contributed by atoms with E-state index < -0.39 is 0 Å². The molecule has 0 bridgehead atoms. The number of nitrogens with zero attached hydrogens (tertiary/aromatic N) is 1. The fraction of sp³-hybridized carbons (Fsp3) is 0.727. The number of nitrogens with one attached hydrogen (secondary N) is 1. The zero-order chi connectivity index (χ0) is 18.4. The second-order valence-corrected chi connectivity index (χ2v) is 10.9. The van der Waals surface area contributed by atoms with Crippen LogP contribution in [0.3, 0.4) is 0 Å². The van der Waals surface area contributed by atoms with Gasteiger partial charge in [-0.15, -0.1) is 11.8 Å². The number of allylic oxidation sites excluding steroid dienone is 3. The first-order chi connectivity index (χ1) is 12.4. The highest BCUT2D eigenvalue weighted by Crippen LogP contribution is 2.57. The highest BCUT2D eigenvalue weighted by atomic mass is 32.2. The molecule has 1 saturated carbocycles. The molecule has 4 rings (SSSR count). The predicted molar refractivity (Wildman–Crippen MR) is 110 cm³/mol. The average Bonchev–Trinajstić information content (AvgIpc) is 2.99. The van der Waals surface area contributed by atoms with Gasteiger partial charge in [-0.25, -0.2) is 0 Å². The molecule has 26 heavy (non-hydrogen) atoms. The average molecular weight is 373 g/mol. The maximum Gasteiger partial charge on any atom is 0.224 e. The minimum absolute atomic E-state index is 0.0510. The van der Waals surface area contributed by atoms with Gasteiger partial charge in [0.25, 0.3) is 0 Å². The molecule has 4 aliphatic rings. The Morgan fingerprint density at radius 3 is 2.77 bits per heavy atom. The Labute approximate surface area is 162 Å². The summed E-state index contributed by atoms with van der Waals surface area (Å²) in [7, 11) is 0. The molecule has 1 saturated heterocycles. The van der Waals surface area contributed by atoms with Crippen molar-refractivity contribution in [3.63, 3.8) is 0 Å². The largest absolute Gasteiger partial charge is 0.353 e. The van der Waals surface area contributed by atoms with Crippen molar-refractivity contribution in [2.75, 3.05) is 5.75 Å². The standard InChI is InChI=1S/C22H32N2OS/c1-21(2,3)15-7-9-16(10-8-15)24-20(25)17-14-26-22-12-5-4-6-19(22)23-13-11-18(17)22/h4-6,13,15-18H,7-12,14H2,1-3H3,(H,24,25). The minimum atomic E-state index is 0.0510. The number of amides is 1. The SMILES string of the molecule is CC(C)(C)C1CCC(NC(=O)C2CSC34CC=CC=C3N=CCC24)CC1. The van der Waals surface area contributed by atoms with E-state index in [1.54, 1.807) is 0 Å². The van der Waals surface area contributed by atoms with Crippen LogP contribution in [-0.2, 0) is 4.79 Å². The van der Waals surface area contributed by atoms with Gasteiger partial charge < -0.3 is 5.32 Å². The molecule has 0 aromatic rings. The van der Waals surface area contributed by atoms with Gasteiger partial charge in [-0.05, 0) is 61.9 Å². The molecule has 142 valence electrons. The number of hydrogen-bond donors (Lipinski definition) is 1. The second kappa shape index (κ2) is 6.85. The second-order valence-electron chi connectivity index (χ2n) is 9.57. The van der Waals surface area contributed by atoms with E-state index in [4.69, 9.17) is 0 Å². The van der Waals surface area contributed by atoms with E-state index in [0.717, 1.165) is 37.4 Å².